The van der Waals surface area contributed by atoms with Crippen LogP contribution in [0.5, 0.6) is 0 Å². The molecule has 0 unspecified atom stereocenters. The number of hydrogen-bond donors (Lipinski definition) is 1. The number of rotatable bonds is 3. The van der Waals surface area contributed by atoms with Gasteiger partial charge in [-0.1, -0.05) is 35.3 Å². The third-order valence-electron chi connectivity index (χ3n) is 2.12. The van der Waals surface area contributed by atoms with Crippen LogP contribution in [0.15, 0.2) is 18.2 Å². The first-order valence-electron chi connectivity index (χ1n) is 4.57. The largest absolute Gasteiger partial charge is 0.389 e. The van der Waals surface area contributed by atoms with Crippen LogP contribution in [-0.4, -0.2) is 6.18 Å². The van der Waals surface area contributed by atoms with Crippen LogP contribution in [0.3, 0.4) is 0 Å². The van der Waals surface area contributed by atoms with Crippen molar-refractivity contribution in [3.05, 3.63) is 33.8 Å². The molecule has 0 heterocycles. The lowest BCUT2D eigenvalue weighted by Crippen LogP contribution is -2.16. The Labute approximate surface area is 101 Å². The third kappa shape index (κ3) is 3.85. The van der Waals surface area contributed by atoms with Gasteiger partial charge in [-0.3, -0.25) is 0 Å². The number of alkyl halides is 3. The molecule has 1 nitrogen and oxygen atoms in total. The summed E-state index contributed by atoms with van der Waals surface area (Å²) in [4.78, 5) is 0. The Kier molecular flexibility index (Phi) is 4.47. The number of hydrogen-bond acceptors (Lipinski definition) is 1. The Morgan fingerprint density at radius 3 is 2.44 bits per heavy atom. The first-order chi connectivity index (χ1) is 7.31. The Balaban J connectivity index is 2.73. The summed E-state index contributed by atoms with van der Waals surface area (Å²) in [6, 6.07) is 3.99. The van der Waals surface area contributed by atoms with E-state index < -0.39 is 18.6 Å². The van der Waals surface area contributed by atoms with Crippen LogP contribution in [0.1, 0.15) is 24.4 Å². The monoisotopic (exact) mass is 271 g/mol. The van der Waals surface area contributed by atoms with Crippen molar-refractivity contribution in [2.45, 2.75) is 25.1 Å². The first kappa shape index (κ1) is 13.6. The van der Waals surface area contributed by atoms with Crippen LogP contribution >= 0.6 is 23.2 Å². The van der Waals surface area contributed by atoms with E-state index in [-0.39, 0.29) is 11.4 Å². The number of benzene rings is 1. The molecule has 1 rings (SSSR count). The fourth-order valence-corrected chi connectivity index (χ4v) is 1.73. The SMILES string of the molecule is N[C@H](CCC(F)(F)F)c1cccc(Cl)c1Cl. The highest BCUT2D eigenvalue weighted by Crippen LogP contribution is 2.32. The van der Waals surface area contributed by atoms with Gasteiger partial charge in [0.15, 0.2) is 0 Å². The average molecular weight is 272 g/mol. The molecule has 0 aliphatic carbocycles. The molecule has 1 atom stereocenters. The number of nitrogens with two attached hydrogens (primary N) is 1. The number of halogens is 5. The lowest BCUT2D eigenvalue weighted by Gasteiger charge is -2.15. The van der Waals surface area contributed by atoms with Crippen LogP contribution in [-0.2, 0) is 0 Å². The van der Waals surface area contributed by atoms with E-state index in [2.05, 4.69) is 0 Å². The molecule has 0 saturated carbocycles. The van der Waals surface area contributed by atoms with E-state index in [9.17, 15) is 13.2 Å². The Bertz CT molecular complexity index is 366. The normalized spacial score (nSPS) is 13.9. The van der Waals surface area contributed by atoms with Crippen molar-refractivity contribution in [1.82, 2.24) is 0 Å². The molecular formula is C10H10Cl2F3N. The van der Waals surface area contributed by atoms with Gasteiger partial charge in [0.05, 0.1) is 10.0 Å². The van der Waals surface area contributed by atoms with Crippen molar-refractivity contribution in [3.8, 4) is 0 Å². The molecule has 0 aromatic heterocycles. The van der Waals surface area contributed by atoms with Crippen molar-refractivity contribution >= 4 is 23.2 Å². The van der Waals surface area contributed by atoms with E-state index in [0.717, 1.165) is 0 Å². The van der Waals surface area contributed by atoms with Gasteiger partial charge in [-0.2, -0.15) is 13.2 Å². The highest BCUT2D eigenvalue weighted by atomic mass is 35.5. The molecule has 0 aliphatic heterocycles. The highest BCUT2D eigenvalue weighted by molar-refractivity contribution is 6.42. The van der Waals surface area contributed by atoms with Gasteiger partial charge >= 0.3 is 6.18 Å². The van der Waals surface area contributed by atoms with E-state index in [1.807, 2.05) is 0 Å². The van der Waals surface area contributed by atoms with E-state index >= 15 is 0 Å². The van der Waals surface area contributed by atoms with Gasteiger partial charge in [0, 0.05) is 12.5 Å². The van der Waals surface area contributed by atoms with E-state index in [0.29, 0.717) is 10.6 Å². The molecule has 2 N–H and O–H groups in total. The molecule has 0 saturated heterocycles. The lowest BCUT2D eigenvalue weighted by molar-refractivity contribution is -0.136. The van der Waals surface area contributed by atoms with Crippen LogP contribution in [0.4, 0.5) is 13.2 Å². The zero-order valence-electron chi connectivity index (χ0n) is 8.19. The van der Waals surface area contributed by atoms with Gasteiger partial charge in [0.1, 0.15) is 0 Å². The molecule has 0 spiro atoms. The molecule has 0 amide bonds. The second-order valence-electron chi connectivity index (χ2n) is 3.40. The van der Waals surface area contributed by atoms with Gasteiger partial charge < -0.3 is 5.73 Å². The van der Waals surface area contributed by atoms with Gasteiger partial charge in [-0.05, 0) is 18.1 Å². The molecule has 0 bridgehead atoms. The van der Waals surface area contributed by atoms with Crippen LogP contribution in [0, 0.1) is 0 Å². The molecule has 90 valence electrons. The van der Waals surface area contributed by atoms with Gasteiger partial charge in [0.25, 0.3) is 0 Å². The van der Waals surface area contributed by atoms with Crippen molar-refractivity contribution in [2.75, 3.05) is 0 Å². The summed E-state index contributed by atoms with van der Waals surface area (Å²) >= 11 is 11.6. The van der Waals surface area contributed by atoms with Gasteiger partial charge in [-0.15, -0.1) is 0 Å². The maximum absolute atomic E-state index is 12.0. The predicted molar refractivity (Wildman–Crippen MR) is 58.7 cm³/mol. The zero-order chi connectivity index (χ0) is 12.3. The lowest BCUT2D eigenvalue weighted by atomic mass is 10.0. The van der Waals surface area contributed by atoms with E-state index in [1.165, 1.54) is 0 Å². The van der Waals surface area contributed by atoms with E-state index in [1.54, 1.807) is 18.2 Å². The Hall–Kier alpha value is -0.450. The summed E-state index contributed by atoms with van der Waals surface area (Å²) < 4.78 is 36.0. The minimum Gasteiger partial charge on any atom is -0.324 e. The first-order valence-corrected chi connectivity index (χ1v) is 5.33. The average Bonchev–Trinajstić information content (AvgIpc) is 2.17. The van der Waals surface area contributed by atoms with Crippen molar-refractivity contribution < 1.29 is 13.2 Å². The summed E-state index contributed by atoms with van der Waals surface area (Å²) in [6.07, 6.45) is -5.34. The molecule has 0 radical (unpaired) electrons. The molecule has 1 aromatic carbocycles. The molecule has 0 aliphatic rings. The quantitative estimate of drug-likeness (QED) is 0.870. The zero-order valence-corrected chi connectivity index (χ0v) is 9.70. The minimum absolute atomic E-state index is 0.205. The smallest absolute Gasteiger partial charge is 0.324 e. The Morgan fingerprint density at radius 2 is 1.88 bits per heavy atom. The topological polar surface area (TPSA) is 26.0 Å². The van der Waals surface area contributed by atoms with Crippen molar-refractivity contribution in [1.29, 1.82) is 0 Å². The molecular weight excluding hydrogens is 262 g/mol. The summed E-state index contributed by atoms with van der Waals surface area (Å²) in [7, 11) is 0. The fraction of sp³-hybridized carbons (Fsp3) is 0.400. The standard InChI is InChI=1S/C10H10Cl2F3N/c11-7-3-1-2-6(9(7)12)8(16)4-5-10(13,14)15/h1-3,8H,4-5,16H2/t8-/m1/s1. The third-order valence-corrected chi connectivity index (χ3v) is 2.95. The molecule has 1 aromatic rings. The predicted octanol–water partition coefficient (Wildman–Crippen LogP) is 4.34. The van der Waals surface area contributed by atoms with Gasteiger partial charge in [-0.25, -0.2) is 0 Å². The molecule has 6 heteroatoms. The van der Waals surface area contributed by atoms with Crippen LogP contribution in [0.2, 0.25) is 10.0 Å². The van der Waals surface area contributed by atoms with Crippen LogP contribution < -0.4 is 5.73 Å². The summed E-state index contributed by atoms with van der Waals surface area (Å²) in [6.45, 7) is 0. The van der Waals surface area contributed by atoms with Gasteiger partial charge in [0.2, 0.25) is 0 Å². The Morgan fingerprint density at radius 1 is 1.25 bits per heavy atom. The fourth-order valence-electron chi connectivity index (χ4n) is 1.28. The summed E-state index contributed by atoms with van der Waals surface area (Å²) in [5, 5.41) is 0.514. The summed E-state index contributed by atoms with van der Waals surface area (Å²) in [5.74, 6) is 0. The second-order valence-corrected chi connectivity index (χ2v) is 4.19. The molecule has 16 heavy (non-hydrogen) atoms. The summed E-state index contributed by atoms with van der Waals surface area (Å²) in [5.41, 5.74) is 6.07. The van der Waals surface area contributed by atoms with Crippen molar-refractivity contribution in [2.24, 2.45) is 5.73 Å². The van der Waals surface area contributed by atoms with Crippen molar-refractivity contribution in [3.63, 3.8) is 0 Å². The maximum Gasteiger partial charge on any atom is 0.389 e. The van der Waals surface area contributed by atoms with E-state index in [4.69, 9.17) is 28.9 Å². The highest BCUT2D eigenvalue weighted by Gasteiger charge is 2.28. The maximum atomic E-state index is 12.0. The minimum atomic E-state index is -4.21. The second kappa shape index (κ2) is 5.25. The molecule has 0 fully saturated rings. The van der Waals surface area contributed by atoms with Crippen LogP contribution in [0.25, 0.3) is 0 Å².